The molecule has 1 rings (SSSR count). The molecule has 14 heavy (non-hydrogen) atoms. The smallest absolute Gasteiger partial charge is 0.0700 e. The third kappa shape index (κ3) is 5.58. The molecule has 84 valence electrons. The van der Waals surface area contributed by atoms with E-state index in [1.165, 1.54) is 6.42 Å². The minimum absolute atomic E-state index is 0.619. The molecule has 1 fully saturated rings. The molecule has 1 unspecified atom stereocenters. The van der Waals surface area contributed by atoms with Crippen LogP contribution in [0.4, 0.5) is 0 Å². The first-order chi connectivity index (χ1) is 6.79. The van der Waals surface area contributed by atoms with Crippen LogP contribution in [-0.4, -0.2) is 39.5 Å². The zero-order chi connectivity index (χ0) is 10.2. The zero-order valence-electron chi connectivity index (χ0n) is 9.42. The Balaban J connectivity index is 1.79. The Hall–Kier alpha value is -0.120. The number of hydrogen-bond donors (Lipinski definition) is 1. The van der Waals surface area contributed by atoms with Crippen LogP contribution in [0, 0.1) is 11.8 Å². The van der Waals surface area contributed by atoms with Gasteiger partial charge in [0.25, 0.3) is 0 Å². The van der Waals surface area contributed by atoms with Crippen molar-refractivity contribution in [3.63, 3.8) is 0 Å². The van der Waals surface area contributed by atoms with Crippen molar-refractivity contribution >= 4 is 0 Å². The van der Waals surface area contributed by atoms with Crippen LogP contribution >= 0.6 is 0 Å². The second-order valence-electron chi connectivity index (χ2n) is 4.40. The Morgan fingerprint density at radius 3 is 2.71 bits per heavy atom. The van der Waals surface area contributed by atoms with Gasteiger partial charge >= 0.3 is 0 Å². The van der Waals surface area contributed by atoms with Gasteiger partial charge in [-0.1, -0.05) is 13.8 Å². The molecule has 1 aliphatic rings. The molecule has 0 aromatic rings. The van der Waals surface area contributed by atoms with E-state index in [-0.39, 0.29) is 0 Å². The first kappa shape index (κ1) is 12.0. The maximum Gasteiger partial charge on any atom is 0.0700 e. The van der Waals surface area contributed by atoms with Gasteiger partial charge < -0.3 is 14.8 Å². The summed E-state index contributed by atoms with van der Waals surface area (Å²) >= 11 is 0. The van der Waals surface area contributed by atoms with Gasteiger partial charge in [-0.2, -0.15) is 0 Å². The van der Waals surface area contributed by atoms with E-state index in [9.17, 15) is 0 Å². The van der Waals surface area contributed by atoms with Crippen molar-refractivity contribution < 1.29 is 9.47 Å². The van der Waals surface area contributed by atoms with E-state index in [1.807, 2.05) is 0 Å². The highest BCUT2D eigenvalue weighted by molar-refractivity contribution is 4.70. The summed E-state index contributed by atoms with van der Waals surface area (Å²) in [6.07, 6.45) is 1.26. The van der Waals surface area contributed by atoms with Gasteiger partial charge in [0.2, 0.25) is 0 Å². The molecule has 1 aliphatic heterocycles. The first-order valence-corrected chi connectivity index (χ1v) is 5.65. The van der Waals surface area contributed by atoms with Crippen molar-refractivity contribution in [1.82, 2.24) is 5.32 Å². The summed E-state index contributed by atoms with van der Waals surface area (Å²) in [6.45, 7) is 9.79. The highest BCUT2D eigenvalue weighted by atomic mass is 16.5. The fraction of sp³-hybridized carbons (Fsp3) is 1.00. The van der Waals surface area contributed by atoms with Crippen LogP contribution < -0.4 is 5.32 Å². The average Bonchev–Trinajstić information content (AvgIpc) is 2.63. The van der Waals surface area contributed by atoms with Gasteiger partial charge in [-0.05, 0) is 24.8 Å². The molecule has 1 N–H and O–H groups in total. The van der Waals surface area contributed by atoms with E-state index in [0.717, 1.165) is 45.4 Å². The van der Waals surface area contributed by atoms with E-state index < -0.39 is 0 Å². The number of ether oxygens (including phenoxy) is 2. The molecule has 0 radical (unpaired) electrons. The summed E-state index contributed by atoms with van der Waals surface area (Å²) in [5.74, 6) is 1.34. The van der Waals surface area contributed by atoms with Crippen molar-refractivity contribution in [2.24, 2.45) is 11.8 Å². The van der Waals surface area contributed by atoms with Crippen molar-refractivity contribution in [3.05, 3.63) is 0 Å². The maximum absolute atomic E-state index is 5.53. The lowest BCUT2D eigenvalue weighted by atomic mass is 10.1. The van der Waals surface area contributed by atoms with Crippen LogP contribution in [0.1, 0.15) is 20.3 Å². The molecular weight excluding hydrogens is 178 g/mol. The lowest BCUT2D eigenvalue weighted by Gasteiger charge is -2.10. The van der Waals surface area contributed by atoms with Gasteiger partial charge in [0.15, 0.2) is 0 Å². The third-order valence-electron chi connectivity index (χ3n) is 2.34. The second-order valence-corrected chi connectivity index (χ2v) is 4.40. The fourth-order valence-corrected chi connectivity index (χ4v) is 1.54. The number of nitrogens with one attached hydrogen (secondary N) is 1. The highest BCUT2D eigenvalue weighted by Gasteiger charge is 2.13. The maximum atomic E-state index is 5.53. The molecule has 1 saturated heterocycles. The summed E-state index contributed by atoms with van der Waals surface area (Å²) in [5.41, 5.74) is 0. The van der Waals surface area contributed by atoms with Gasteiger partial charge in [0.1, 0.15) is 0 Å². The van der Waals surface area contributed by atoms with Crippen molar-refractivity contribution in [3.8, 4) is 0 Å². The summed E-state index contributed by atoms with van der Waals surface area (Å²) in [5, 5.41) is 3.33. The van der Waals surface area contributed by atoms with Crippen LogP contribution in [-0.2, 0) is 9.47 Å². The van der Waals surface area contributed by atoms with Crippen molar-refractivity contribution in [1.29, 1.82) is 0 Å². The molecular formula is C11H23NO2. The predicted molar refractivity (Wildman–Crippen MR) is 57.5 cm³/mol. The van der Waals surface area contributed by atoms with E-state index in [0.29, 0.717) is 5.92 Å². The van der Waals surface area contributed by atoms with Gasteiger partial charge in [0, 0.05) is 13.2 Å². The minimum atomic E-state index is 0.619. The molecule has 0 aliphatic carbocycles. The van der Waals surface area contributed by atoms with Crippen LogP contribution in [0.5, 0.6) is 0 Å². The monoisotopic (exact) mass is 201 g/mol. The van der Waals surface area contributed by atoms with Crippen LogP contribution in [0.2, 0.25) is 0 Å². The molecule has 0 aromatic carbocycles. The molecule has 0 bridgehead atoms. The van der Waals surface area contributed by atoms with E-state index >= 15 is 0 Å². The van der Waals surface area contributed by atoms with Gasteiger partial charge in [-0.15, -0.1) is 0 Å². The molecule has 0 spiro atoms. The molecule has 1 atom stereocenters. The highest BCUT2D eigenvalue weighted by Crippen LogP contribution is 2.07. The number of hydrogen-bond acceptors (Lipinski definition) is 3. The van der Waals surface area contributed by atoms with Crippen LogP contribution in [0.3, 0.4) is 0 Å². The Kier molecular flexibility index (Phi) is 6.15. The van der Waals surface area contributed by atoms with Crippen molar-refractivity contribution in [2.45, 2.75) is 20.3 Å². The topological polar surface area (TPSA) is 30.5 Å². The average molecular weight is 201 g/mol. The molecule has 0 saturated carbocycles. The van der Waals surface area contributed by atoms with Gasteiger partial charge in [-0.3, -0.25) is 0 Å². The lowest BCUT2D eigenvalue weighted by Crippen LogP contribution is -2.16. The summed E-state index contributed by atoms with van der Waals surface area (Å²) in [6, 6.07) is 0. The number of rotatable bonds is 7. The van der Waals surface area contributed by atoms with Crippen molar-refractivity contribution in [2.75, 3.05) is 39.5 Å². The van der Waals surface area contributed by atoms with Gasteiger partial charge in [-0.25, -0.2) is 0 Å². The van der Waals surface area contributed by atoms with Crippen LogP contribution in [0.15, 0.2) is 0 Å². The lowest BCUT2D eigenvalue weighted by molar-refractivity contribution is 0.0275. The molecule has 0 amide bonds. The quantitative estimate of drug-likeness (QED) is 0.630. The Morgan fingerprint density at radius 2 is 2.07 bits per heavy atom. The summed E-state index contributed by atoms with van der Waals surface area (Å²) in [4.78, 5) is 0. The molecule has 0 aromatic heterocycles. The third-order valence-corrected chi connectivity index (χ3v) is 2.34. The minimum Gasteiger partial charge on any atom is -0.379 e. The Labute approximate surface area is 87.2 Å². The van der Waals surface area contributed by atoms with E-state index in [4.69, 9.17) is 9.47 Å². The predicted octanol–water partition coefficient (Wildman–Crippen LogP) is 1.29. The summed E-state index contributed by atoms with van der Waals surface area (Å²) < 4.78 is 11.0. The van der Waals surface area contributed by atoms with Crippen LogP contribution in [0.25, 0.3) is 0 Å². The molecule has 3 nitrogen and oxygen atoms in total. The standard InChI is InChI=1S/C11H23NO2/c1-10(2)8-13-5-6-14-9-11-3-4-12-7-11/h10-12H,3-9H2,1-2H3. The Morgan fingerprint density at radius 1 is 1.29 bits per heavy atom. The largest absolute Gasteiger partial charge is 0.379 e. The first-order valence-electron chi connectivity index (χ1n) is 5.65. The summed E-state index contributed by atoms with van der Waals surface area (Å²) in [7, 11) is 0. The van der Waals surface area contributed by atoms with Gasteiger partial charge in [0.05, 0.1) is 19.8 Å². The normalized spacial score (nSPS) is 22.1. The Bertz CT molecular complexity index is 133. The molecule has 1 heterocycles. The molecule has 3 heteroatoms. The van der Waals surface area contributed by atoms with E-state index in [2.05, 4.69) is 19.2 Å². The fourth-order valence-electron chi connectivity index (χ4n) is 1.54. The second kappa shape index (κ2) is 7.21. The van der Waals surface area contributed by atoms with E-state index in [1.54, 1.807) is 0 Å². The zero-order valence-corrected chi connectivity index (χ0v) is 9.42. The SMILES string of the molecule is CC(C)COCCOCC1CCNC1.